The summed E-state index contributed by atoms with van der Waals surface area (Å²) in [5.41, 5.74) is 0.487. The maximum atomic E-state index is 12.5. The second kappa shape index (κ2) is 8.36. The van der Waals surface area contributed by atoms with Crippen molar-refractivity contribution < 1.29 is 17.6 Å². The first kappa shape index (κ1) is 19.1. The predicted molar refractivity (Wildman–Crippen MR) is 102 cm³/mol. The van der Waals surface area contributed by atoms with E-state index < -0.39 is 21.5 Å². The lowest BCUT2D eigenvalue weighted by Gasteiger charge is -2.06. The number of rotatable bonds is 7. The Hall–Kier alpha value is -2.65. The highest BCUT2D eigenvalue weighted by atomic mass is 32.2. The van der Waals surface area contributed by atoms with Gasteiger partial charge in [0.05, 0.1) is 10.5 Å². The Morgan fingerprint density at radius 3 is 2.52 bits per heavy atom. The van der Waals surface area contributed by atoms with Crippen LogP contribution in [0.2, 0.25) is 0 Å². The van der Waals surface area contributed by atoms with E-state index in [1.54, 1.807) is 42.1 Å². The molecule has 1 heterocycles. The molecule has 0 aliphatic rings. The Balaban J connectivity index is 1.72. The van der Waals surface area contributed by atoms with Crippen molar-refractivity contribution in [2.24, 2.45) is 0 Å². The van der Waals surface area contributed by atoms with Crippen LogP contribution in [0.25, 0.3) is 0 Å². The van der Waals surface area contributed by atoms with Gasteiger partial charge in [0.1, 0.15) is 5.75 Å². The van der Waals surface area contributed by atoms with Crippen LogP contribution in [-0.2, 0) is 15.6 Å². The number of nitrogens with one attached hydrogen (secondary N) is 1. The standard InChI is InChI=1S/C18H17N3O4S2/c1-2-26-15-11-7-6-10-14(15)17(22)19-18-21-20-16(25-18)12-27(23,24)13-8-4-3-5-9-13/h3-11H,2,12H2,1H3,(H,19,21,22). The van der Waals surface area contributed by atoms with E-state index in [1.165, 1.54) is 12.1 Å². The SMILES string of the molecule is CCSc1ccccc1C(=O)Nc1nnc(CS(=O)(=O)c2ccccc2)o1. The fourth-order valence-corrected chi connectivity index (χ4v) is 4.32. The first-order valence-corrected chi connectivity index (χ1v) is 10.8. The molecule has 140 valence electrons. The van der Waals surface area contributed by atoms with Gasteiger partial charge < -0.3 is 4.42 Å². The van der Waals surface area contributed by atoms with Crippen LogP contribution in [-0.4, -0.2) is 30.3 Å². The van der Waals surface area contributed by atoms with E-state index in [4.69, 9.17) is 4.42 Å². The van der Waals surface area contributed by atoms with E-state index in [0.29, 0.717) is 5.56 Å². The smallest absolute Gasteiger partial charge is 0.322 e. The molecule has 3 aromatic rings. The summed E-state index contributed by atoms with van der Waals surface area (Å²) in [7, 11) is -3.61. The van der Waals surface area contributed by atoms with Crippen molar-refractivity contribution in [3.63, 3.8) is 0 Å². The minimum Gasteiger partial charge on any atom is -0.407 e. The second-order valence-electron chi connectivity index (χ2n) is 5.46. The minimum absolute atomic E-state index is 0.0922. The molecule has 0 aliphatic carbocycles. The summed E-state index contributed by atoms with van der Waals surface area (Å²) in [4.78, 5) is 13.5. The summed E-state index contributed by atoms with van der Waals surface area (Å²) in [6, 6.07) is 15.0. The molecule has 3 rings (SSSR count). The average molecular weight is 403 g/mol. The number of amides is 1. The quantitative estimate of drug-likeness (QED) is 0.603. The van der Waals surface area contributed by atoms with Gasteiger partial charge in [0.15, 0.2) is 9.84 Å². The third kappa shape index (κ3) is 4.75. The number of hydrogen-bond donors (Lipinski definition) is 1. The summed E-state index contributed by atoms with van der Waals surface area (Å²) >= 11 is 1.54. The van der Waals surface area contributed by atoms with Crippen molar-refractivity contribution in [1.82, 2.24) is 10.2 Å². The zero-order chi connectivity index (χ0) is 19.3. The number of nitrogens with zero attached hydrogens (tertiary/aromatic N) is 2. The molecule has 0 saturated heterocycles. The molecule has 27 heavy (non-hydrogen) atoms. The van der Waals surface area contributed by atoms with Gasteiger partial charge in [-0.2, -0.15) is 0 Å². The molecule has 0 radical (unpaired) electrons. The summed E-state index contributed by atoms with van der Waals surface area (Å²) in [6.45, 7) is 2.00. The zero-order valence-electron chi connectivity index (χ0n) is 14.5. The molecule has 7 nitrogen and oxygen atoms in total. The fraction of sp³-hybridized carbons (Fsp3) is 0.167. The summed E-state index contributed by atoms with van der Waals surface area (Å²) in [5.74, 6) is -0.104. The molecule has 0 fully saturated rings. The Morgan fingerprint density at radius 2 is 1.78 bits per heavy atom. The van der Waals surface area contributed by atoms with Gasteiger partial charge in [0.2, 0.25) is 5.89 Å². The third-order valence-electron chi connectivity index (χ3n) is 3.53. The van der Waals surface area contributed by atoms with Crippen molar-refractivity contribution in [3.05, 3.63) is 66.1 Å². The molecule has 9 heteroatoms. The van der Waals surface area contributed by atoms with Crippen LogP contribution in [0.4, 0.5) is 6.01 Å². The molecular weight excluding hydrogens is 386 g/mol. The Bertz CT molecular complexity index is 1030. The van der Waals surface area contributed by atoms with E-state index in [1.807, 2.05) is 19.1 Å². The molecule has 1 N–H and O–H groups in total. The summed E-state index contributed by atoms with van der Waals surface area (Å²) in [6.07, 6.45) is 0. The Kier molecular flexibility index (Phi) is 5.92. The molecule has 0 atom stereocenters. The van der Waals surface area contributed by atoms with E-state index in [9.17, 15) is 13.2 Å². The van der Waals surface area contributed by atoms with E-state index in [2.05, 4.69) is 15.5 Å². The molecule has 0 unspecified atom stereocenters. The van der Waals surface area contributed by atoms with E-state index >= 15 is 0 Å². The highest BCUT2D eigenvalue weighted by Crippen LogP contribution is 2.23. The molecule has 0 saturated carbocycles. The summed E-state index contributed by atoms with van der Waals surface area (Å²) in [5, 5.41) is 9.95. The third-order valence-corrected chi connectivity index (χ3v) is 6.11. The van der Waals surface area contributed by atoms with Gasteiger partial charge in [-0.3, -0.25) is 10.1 Å². The number of sulfone groups is 1. The maximum Gasteiger partial charge on any atom is 0.322 e. The largest absolute Gasteiger partial charge is 0.407 e. The van der Waals surface area contributed by atoms with Crippen LogP contribution >= 0.6 is 11.8 Å². The highest BCUT2D eigenvalue weighted by molar-refractivity contribution is 7.99. The summed E-state index contributed by atoms with van der Waals surface area (Å²) < 4.78 is 30.0. The van der Waals surface area contributed by atoms with Gasteiger partial charge in [-0.15, -0.1) is 16.9 Å². The van der Waals surface area contributed by atoms with Crippen LogP contribution in [0, 0.1) is 0 Å². The normalized spacial score (nSPS) is 11.3. The Morgan fingerprint density at radius 1 is 1.07 bits per heavy atom. The molecule has 1 amide bonds. The lowest BCUT2D eigenvalue weighted by molar-refractivity contribution is 0.102. The first-order chi connectivity index (χ1) is 13.0. The van der Waals surface area contributed by atoms with Gasteiger partial charge in [0, 0.05) is 4.90 Å². The number of benzene rings is 2. The van der Waals surface area contributed by atoms with Crippen molar-refractivity contribution in [2.45, 2.75) is 22.5 Å². The Labute approximate surface area is 161 Å². The number of aromatic nitrogens is 2. The van der Waals surface area contributed by atoms with E-state index in [-0.39, 0.29) is 16.8 Å². The van der Waals surface area contributed by atoms with Crippen molar-refractivity contribution in [3.8, 4) is 0 Å². The second-order valence-corrected chi connectivity index (χ2v) is 8.75. The average Bonchev–Trinajstić information content (AvgIpc) is 3.09. The van der Waals surface area contributed by atoms with Gasteiger partial charge in [-0.1, -0.05) is 42.4 Å². The molecular formula is C18H17N3O4S2. The number of hydrogen-bond acceptors (Lipinski definition) is 7. The van der Waals surface area contributed by atoms with Gasteiger partial charge >= 0.3 is 6.01 Å². The van der Waals surface area contributed by atoms with E-state index in [0.717, 1.165) is 10.6 Å². The molecule has 1 aromatic heterocycles. The lowest BCUT2D eigenvalue weighted by atomic mass is 10.2. The fourth-order valence-electron chi connectivity index (χ4n) is 2.34. The topological polar surface area (TPSA) is 102 Å². The monoisotopic (exact) mass is 403 g/mol. The van der Waals surface area contributed by atoms with Crippen LogP contribution in [0.15, 0.2) is 68.8 Å². The number of carbonyl (C=O) groups excluding carboxylic acids is 1. The molecule has 0 aliphatic heterocycles. The first-order valence-electron chi connectivity index (χ1n) is 8.13. The predicted octanol–water partition coefficient (Wildman–Crippen LogP) is 3.41. The molecule has 2 aromatic carbocycles. The van der Waals surface area contributed by atoms with Crippen LogP contribution in [0.1, 0.15) is 23.2 Å². The highest BCUT2D eigenvalue weighted by Gasteiger charge is 2.20. The van der Waals surface area contributed by atoms with Gasteiger partial charge in [0.25, 0.3) is 5.91 Å². The number of carbonyl (C=O) groups is 1. The molecule has 0 bridgehead atoms. The zero-order valence-corrected chi connectivity index (χ0v) is 16.1. The maximum absolute atomic E-state index is 12.5. The van der Waals surface area contributed by atoms with Crippen molar-refractivity contribution in [2.75, 3.05) is 11.1 Å². The van der Waals surface area contributed by atoms with Gasteiger partial charge in [-0.05, 0) is 30.0 Å². The molecule has 0 spiro atoms. The number of anilines is 1. The minimum atomic E-state index is -3.61. The van der Waals surface area contributed by atoms with Crippen LogP contribution < -0.4 is 5.32 Å². The van der Waals surface area contributed by atoms with Gasteiger partial charge in [-0.25, -0.2) is 8.42 Å². The van der Waals surface area contributed by atoms with Crippen LogP contribution in [0.3, 0.4) is 0 Å². The van der Waals surface area contributed by atoms with Crippen molar-refractivity contribution in [1.29, 1.82) is 0 Å². The van der Waals surface area contributed by atoms with Crippen molar-refractivity contribution >= 4 is 33.5 Å². The number of thioether (sulfide) groups is 1. The lowest BCUT2D eigenvalue weighted by Crippen LogP contribution is -2.13. The van der Waals surface area contributed by atoms with Crippen LogP contribution in [0.5, 0.6) is 0 Å².